The monoisotopic (exact) mass is 340 g/mol. The minimum absolute atomic E-state index is 0.0609. The zero-order chi connectivity index (χ0) is 14.4. The zero-order valence-corrected chi connectivity index (χ0v) is 11.8. The summed E-state index contributed by atoms with van der Waals surface area (Å²) in [6, 6.07) is 2.97. The summed E-state index contributed by atoms with van der Waals surface area (Å²) in [4.78, 5) is 10.9. The molecule has 1 aliphatic heterocycles. The number of aromatic hydroxyl groups is 1. The lowest BCUT2D eigenvalue weighted by Gasteiger charge is -2.09. The number of aromatic carboxylic acids is 1. The molecule has 0 saturated heterocycles. The summed E-state index contributed by atoms with van der Waals surface area (Å²) in [6.45, 7) is 0.0720. The van der Waals surface area contributed by atoms with Crippen molar-refractivity contribution < 1.29 is 24.5 Å². The molecule has 1 aliphatic rings. The predicted octanol–water partition coefficient (Wildman–Crippen LogP) is 1.98. The van der Waals surface area contributed by atoms with Crippen LogP contribution >= 0.6 is 15.9 Å². The third kappa shape index (κ3) is 1.80. The number of hydrogen-bond acceptors (Lipinski definition) is 5. The summed E-state index contributed by atoms with van der Waals surface area (Å²) in [5.74, 6) is -0.296. The molecule has 0 spiro atoms. The van der Waals surface area contributed by atoms with Crippen molar-refractivity contribution in [3.05, 3.63) is 22.3 Å². The first kappa shape index (κ1) is 12.8. The Morgan fingerprint density at radius 2 is 2.20 bits per heavy atom. The number of ether oxygens (including phenoxy) is 2. The molecule has 0 amide bonds. The van der Waals surface area contributed by atoms with Crippen LogP contribution in [0.25, 0.3) is 11.3 Å². The number of benzene rings is 1. The number of rotatable bonds is 2. The Morgan fingerprint density at radius 3 is 2.85 bits per heavy atom. The molecule has 20 heavy (non-hydrogen) atoms. The van der Waals surface area contributed by atoms with Gasteiger partial charge in [-0.15, -0.1) is 0 Å². The summed E-state index contributed by atoms with van der Waals surface area (Å²) in [5.41, 5.74) is 0.762. The molecule has 0 unspecified atom stereocenters. The first-order valence-electron chi connectivity index (χ1n) is 5.58. The normalized spacial score (nSPS) is 12.7. The molecule has 0 aliphatic carbocycles. The third-order valence-corrected chi connectivity index (χ3v) is 3.69. The fourth-order valence-corrected chi connectivity index (χ4v) is 2.54. The van der Waals surface area contributed by atoms with Crippen molar-refractivity contribution in [3.8, 4) is 28.5 Å². The molecule has 0 atom stereocenters. The van der Waals surface area contributed by atoms with Crippen LogP contribution in [0.15, 0.2) is 16.6 Å². The first-order valence-corrected chi connectivity index (χ1v) is 6.37. The van der Waals surface area contributed by atoms with Crippen LogP contribution < -0.4 is 9.47 Å². The molecule has 0 radical (unpaired) electrons. The molecule has 2 N–H and O–H groups in total. The summed E-state index contributed by atoms with van der Waals surface area (Å²) in [5, 5.41) is 23.0. The van der Waals surface area contributed by atoms with E-state index in [-0.39, 0.29) is 18.2 Å². The molecular weight excluding hydrogens is 332 g/mol. The van der Waals surface area contributed by atoms with E-state index in [4.69, 9.17) is 14.6 Å². The maximum atomic E-state index is 10.9. The second kappa shape index (κ2) is 4.41. The van der Waals surface area contributed by atoms with Gasteiger partial charge in [-0.25, -0.2) is 4.79 Å². The summed E-state index contributed by atoms with van der Waals surface area (Å²) in [6.07, 6.45) is 0. The van der Waals surface area contributed by atoms with E-state index in [9.17, 15) is 9.90 Å². The van der Waals surface area contributed by atoms with Gasteiger partial charge in [0.15, 0.2) is 17.2 Å². The standard InChI is InChI=1S/C12H9BrN2O5/c1-15-7(3-6(14-15)12(17)18)5-2-8-11(20-4-19-8)9(13)10(5)16/h2-3,16H,4H2,1H3,(H,17,18). The van der Waals surface area contributed by atoms with Crippen LogP contribution in [-0.2, 0) is 7.05 Å². The average molecular weight is 341 g/mol. The smallest absolute Gasteiger partial charge is 0.356 e. The minimum Gasteiger partial charge on any atom is -0.506 e. The maximum Gasteiger partial charge on any atom is 0.356 e. The molecule has 3 rings (SSSR count). The van der Waals surface area contributed by atoms with Crippen molar-refractivity contribution in [2.75, 3.05) is 6.79 Å². The van der Waals surface area contributed by atoms with E-state index in [1.54, 1.807) is 13.1 Å². The molecule has 104 valence electrons. The van der Waals surface area contributed by atoms with Crippen molar-refractivity contribution in [1.29, 1.82) is 0 Å². The van der Waals surface area contributed by atoms with Crippen LogP contribution in [0.5, 0.6) is 17.2 Å². The fourth-order valence-electron chi connectivity index (χ4n) is 2.01. The molecule has 8 heteroatoms. The Kier molecular flexibility index (Phi) is 2.82. The van der Waals surface area contributed by atoms with Gasteiger partial charge in [-0.05, 0) is 28.1 Å². The Labute approximate surface area is 121 Å². The van der Waals surface area contributed by atoms with Crippen molar-refractivity contribution >= 4 is 21.9 Å². The van der Waals surface area contributed by atoms with Crippen molar-refractivity contribution in [2.45, 2.75) is 0 Å². The number of carboxylic acid groups (broad SMARTS) is 1. The van der Waals surface area contributed by atoms with E-state index in [0.29, 0.717) is 27.2 Å². The number of nitrogens with zero attached hydrogens (tertiary/aromatic N) is 2. The molecular formula is C12H9BrN2O5. The SMILES string of the molecule is Cn1nc(C(=O)O)cc1-c1cc2c(c(Br)c1O)OCO2. The average Bonchev–Trinajstić information content (AvgIpc) is 3.00. The molecule has 0 fully saturated rings. The van der Waals surface area contributed by atoms with Crippen molar-refractivity contribution in [2.24, 2.45) is 7.05 Å². The van der Waals surface area contributed by atoms with E-state index in [1.807, 2.05) is 0 Å². The van der Waals surface area contributed by atoms with E-state index in [2.05, 4.69) is 21.0 Å². The van der Waals surface area contributed by atoms with Crippen LogP contribution in [0.2, 0.25) is 0 Å². The number of halogens is 1. The lowest BCUT2D eigenvalue weighted by Crippen LogP contribution is -1.99. The van der Waals surface area contributed by atoms with E-state index in [1.165, 1.54) is 10.7 Å². The van der Waals surface area contributed by atoms with Gasteiger partial charge in [0.05, 0.1) is 5.69 Å². The zero-order valence-electron chi connectivity index (χ0n) is 10.3. The van der Waals surface area contributed by atoms with Gasteiger partial charge in [0, 0.05) is 12.6 Å². The largest absolute Gasteiger partial charge is 0.506 e. The number of carbonyl (C=O) groups is 1. The lowest BCUT2D eigenvalue weighted by atomic mass is 10.1. The Balaban J connectivity index is 2.20. The highest BCUT2D eigenvalue weighted by molar-refractivity contribution is 9.10. The quantitative estimate of drug-likeness (QED) is 0.868. The fraction of sp³-hybridized carbons (Fsp3) is 0.167. The number of phenolic OH excluding ortho intramolecular Hbond substituents is 1. The van der Waals surface area contributed by atoms with Crippen LogP contribution in [0, 0.1) is 0 Å². The highest BCUT2D eigenvalue weighted by atomic mass is 79.9. The summed E-state index contributed by atoms with van der Waals surface area (Å²) >= 11 is 3.24. The van der Waals surface area contributed by atoms with Gasteiger partial charge in [-0.3, -0.25) is 4.68 Å². The van der Waals surface area contributed by atoms with Crippen molar-refractivity contribution in [1.82, 2.24) is 9.78 Å². The lowest BCUT2D eigenvalue weighted by molar-refractivity contribution is 0.0689. The Bertz CT molecular complexity index is 725. The van der Waals surface area contributed by atoms with Gasteiger partial charge in [0.2, 0.25) is 6.79 Å². The molecule has 1 aromatic heterocycles. The molecule has 7 nitrogen and oxygen atoms in total. The number of hydrogen-bond donors (Lipinski definition) is 2. The maximum absolute atomic E-state index is 10.9. The van der Waals surface area contributed by atoms with Crippen LogP contribution in [0.4, 0.5) is 0 Å². The van der Waals surface area contributed by atoms with Crippen LogP contribution in [0.3, 0.4) is 0 Å². The third-order valence-electron chi connectivity index (χ3n) is 2.95. The van der Waals surface area contributed by atoms with E-state index >= 15 is 0 Å². The second-order valence-electron chi connectivity index (χ2n) is 4.16. The Hall–Kier alpha value is -2.22. The van der Waals surface area contributed by atoms with Gasteiger partial charge >= 0.3 is 5.97 Å². The van der Waals surface area contributed by atoms with E-state index < -0.39 is 5.97 Å². The van der Waals surface area contributed by atoms with Gasteiger partial charge in [-0.1, -0.05) is 0 Å². The van der Waals surface area contributed by atoms with Gasteiger partial charge in [-0.2, -0.15) is 5.10 Å². The second-order valence-corrected chi connectivity index (χ2v) is 4.96. The molecule has 1 aromatic carbocycles. The molecule has 0 saturated carbocycles. The Morgan fingerprint density at radius 1 is 1.45 bits per heavy atom. The first-order chi connectivity index (χ1) is 9.49. The number of aryl methyl sites for hydroxylation is 1. The van der Waals surface area contributed by atoms with Crippen LogP contribution in [0.1, 0.15) is 10.5 Å². The number of aromatic nitrogens is 2. The van der Waals surface area contributed by atoms with Gasteiger partial charge in [0.25, 0.3) is 0 Å². The van der Waals surface area contributed by atoms with E-state index in [0.717, 1.165) is 0 Å². The highest BCUT2D eigenvalue weighted by Crippen LogP contribution is 2.49. The van der Waals surface area contributed by atoms with Gasteiger partial charge in [0.1, 0.15) is 10.2 Å². The topological polar surface area (TPSA) is 93.8 Å². The number of carboxylic acids is 1. The summed E-state index contributed by atoms with van der Waals surface area (Å²) in [7, 11) is 1.60. The minimum atomic E-state index is -1.13. The molecule has 2 aromatic rings. The van der Waals surface area contributed by atoms with Crippen molar-refractivity contribution in [3.63, 3.8) is 0 Å². The van der Waals surface area contributed by atoms with Gasteiger partial charge < -0.3 is 19.7 Å². The van der Waals surface area contributed by atoms with Crippen LogP contribution in [-0.4, -0.2) is 32.8 Å². The number of phenols is 1. The molecule has 2 heterocycles. The number of fused-ring (bicyclic) bond motifs is 1. The molecule has 0 bridgehead atoms. The summed E-state index contributed by atoms with van der Waals surface area (Å²) < 4.78 is 12.3. The highest BCUT2D eigenvalue weighted by Gasteiger charge is 2.25. The predicted molar refractivity (Wildman–Crippen MR) is 71.1 cm³/mol.